The Hall–Kier alpha value is -1.85. The average Bonchev–Trinajstić information content (AvgIpc) is 2.90. The van der Waals surface area contributed by atoms with Crippen molar-refractivity contribution < 1.29 is 9.59 Å². The topological polar surface area (TPSA) is 67.2 Å². The van der Waals surface area contributed by atoms with Gasteiger partial charge < -0.3 is 10.2 Å². The molecule has 6 heteroatoms. The van der Waals surface area contributed by atoms with E-state index in [0.717, 1.165) is 17.9 Å². The summed E-state index contributed by atoms with van der Waals surface area (Å²) >= 11 is 0. The monoisotopic (exact) mass is 292 g/mol. The third-order valence-electron chi connectivity index (χ3n) is 3.92. The molecule has 116 valence electrons. The summed E-state index contributed by atoms with van der Waals surface area (Å²) in [7, 11) is 1.74. The van der Waals surface area contributed by atoms with Crippen molar-refractivity contribution in [3.05, 3.63) is 17.5 Å². The number of nitrogens with one attached hydrogen (secondary N) is 1. The molecule has 2 atom stereocenters. The average molecular weight is 292 g/mol. The molecular weight excluding hydrogens is 268 g/mol. The molecule has 0 spiro atoms. The Labute approximate surface area is 125 Å². The number of carbonyl (C=O) groups is 2. The van der Waals surface area contributed by atoms with Crippen LogP contribution in [0.3, 0.4) is 0 Å². The number of hydrogen-bond donors (Lipinski definition) is 1. The summed E-state index contributed by atoms with van der Waals surface area (Å²) in [4.78, 5) is 25.1. The van der Waals surface area contributed by atoms with Crippen molar-refractivity contribution in [3.8, 4) is 0 Å². The molecule has 1 fully saturated rings. The summed E-state index contributed by atoms with van der Waals surface area (Å²) in [6, 6.07) is 2.05. The highest BCUT2D eigenvalue weighted by Crippen LogP contribution is 2.16. The van der Waals surface area contributed by atoms with E-state index in [0.29, 0.717) is 25.4 Å². The van der Waals surface area contributed by atoms with Gasteiger partial charge in [-0.25, -0.2) is 0 Å². The number of amides is 2. The minimum Gasteiger partial charge on any atom is -0.355 e. The van der Waals surface area contributed by atoms with Gasteiger partial charge in [-0.15, -0.1) is 0 Å². The van der Waals surface area contributed by atoms with E-state index in [1.165, 1.54) is 0 Å². The van der Waals surface area contributed by atoms with Crippen LogP contribution in [0.25, 0.3) is 0 Å². The number of aromatic nitrogens is 2. The van der Waals surface area contributed by atoms with E-state index in [-0.39, 0.29) is 17.7 Å². The van der Waals surface area contributed by atoms with Crippen molar-refractivity contribution in [2.24, 2.45) is 11.8 Å². The third kappa shape index (κ3) is 3.83. The molecule has 0 radical (unpaired) electrons. The maximum atomic E-state index is 12.1. The van der Waals surface area contributed by atoms with Crippen LogP contribution in [0.4, 0.5) is 0 Å². The van der Waals surface area contributed by atoms with Crippen molar-refractivity contribution in [2.45, 2.75) is 33.7 Å². The molecule has 1 aromatic heterocycles. The van der Waals surface area contributed by atoms with E-state index in [4.69, 9.17) is 0 Å². The van der Waals surface area contributed by atoms with Crippen molar-refractivity contribution in [2.75, 3.05) is 20.1 Å². The van der Waals surface area contributed by atoms with Crippen LogP contribution in [0.1, 0.15) is 24.7 Å². The van der Waals surface area contributed by atoms with Gasteiger partial charge in [0.2, 0.25) is 11.8 Å². The molecule has 0 unspecified atom stereocenters. The zero-order valence-corrected chi connectivity index (χ0v) is 13.2. The molecule has 0 saturated carbocycles. The van der Waals surface area contributed by atoms with Gasteiger partial charge >= 0.3 is 0 Å². The normalized spacial score (nSPS) is 19.9. The second kappa shape index (κ2) is 6.28. The molecule has 2 rings (SSSR count). The van der Waals surface area contributed by atoms with Gasteiger partial charge in [0.05, 0.1) is 11.6 Å². The number of rotatable bonds is 5. The first-order chi connectivity index (χ1) is 9.86. The Morgan fingerprint density at radius 2 is 2.24 bits per heavy atom. The van der Waals surface area contributed by atoms with Gasteiger partial charge in [-0.2, -0.15) is 5.10 Å². The van der Waals surface area contributed by atoms with E-state index < -0.39 is 0 Å². The van der Waals surface area contributed by atoms with Crippen molar-refractivity contribution >= 4 is 11.8 Å². The lowest BCUT2D eigenvalue weighted by Crippen LogP contribution is -2.36. The number of nitrogens with zero attached hydrogens (tertiary/aromatic N) is 3. The standard InChI is InChI=1S/C15H24N4O2/c1-10(8-19-12(3)5-11(2)17-19)7-16-15(21)13-6-14(20)18(4)9-13/h5,10,13H,6-9H2,1-4H3,(H,16,21)/t10-,13+/m0/s1. The summed E-state index contributed by atoms with van der Waals surface area (Å²) in [6.07, 6.45) is 0.328. The fourth-order valence-electron chi connectivity index (χ4n) is 2.68. The third-order valence-corrected chi connectivity index (χ3v) is 3.92. The molecule has 1 saturated heterocycles. The van der Waals surface area contributed by atoms with E-state index >= 15 is 0 Å². The highest BCUT2D eigenvalue weighted by Gasteiger charge is 2.31. The Bertz CT molecular complexity index is 538. The molecule has 6 nitrogen and oxygen atoms in total. The number of hydrogen-bond acceptors (Lipinski definition) is 3. The molecule has 0 aromatic carbocycles. The van der Waals surface area contributed by atoms with Crippen LogP contribution < -0.4 is 5.32 Å². The number of likely N-dealkylation sites (tertiary alicyclic amines) is 1. The quantitative estimate of drug-likeness (QED) is 0.870. The first-order valence-corrected chi connectivity index (χ1v) is 7.39. The molecule has 2 heterocycles. The van der Waals surface area contributed by atoms with Crippen molar-refractivity contribution in [1.29, 1.82) is 0 Å². The highest BCUT2D eigenvalue weighted by atomic mass is 16.2. The molecule has 1 N–H and O–H groups in total. The van der Waals surface area contributed by atoms with Crippen LogP contribution in [-0.4, -0.2) is 46.6 Å². The molecule has 1 aliphatic heterocycles. The largest absolute Gasteiger partial charge is 0.355 e. The molecular formula is C15H24N4O2. The molecule has 1 aliphatic rings. The van der Waals surface area contributed by atoms with Gasteiger partial charge in [0.15, 0.2) is 0 Å². The predicted molar refractivity (Wildman–Crippen MR) is 79.6 cm³/mol. The number of carbonyl (C=O) groups excluding carboxylic acids is 2. The minimum absolute atomic E-state index is 0.0204. The van der Waals surface area contributed by atoms with Crippen LogP contribution in [0.2, 0.25) is 0 Å². The second-order valence-electron chi connectivity index (χ2n) is 6.13. The summed E-state index contributed by atoms with van der Waals surface area (Å²) in [6.45, 7) is 8.00. The number of aryl methyl sites for hydroxylation is 2. The summed E-state index contributed by atoms with van der Waals surface area (Å²) < 4.78 is 1.97. The molecule has 0 bridgehead atoms. The van der Waals surface area contributed by atoms with Crippen LogP contribution in [0.5, 0.6) is 0 Å². The molecule has 0 aliphatic carbocycles. The van der Waals surface area contributed by atoms with E-state index in [1.807, 2.05) is 24.6 Å². The first kappa shape index (κ1) is 15.5. The molecule has 1 aromatic rings. The van der Waals surface area contributed by atoms with Crippen molar-refractivity contribution in [1.82, 2.24) is 20.0 Å². The Balaban J connectivity index is 1.79. The molecule has 21 heavy (non-hydrogen) atoms. The summed E-state index contributed by atoms with van der Waals surface area (Å²) in [5, 5.41) is 7.38. The van der Waals surface area contributed by atoms with E-state index in [2.05, 4.69) is 17.3 Å². The predicted octanol–water partition coefficient (Wildman–Crippen LogP) is 0.731. The van der Waals surface area contributed by atoms with Crippen LogP contribution in [-0.2, 0) is 16.1 Å². The smallest absolute Gasteiger partial charge is 0.225 e. The Morgan fingerprint density at radius 1 is 1.52 bits per heavy atom. The van der Waals surface area contributed by atoms with Gasteiger partial charge in [0.25, 0.3) is 0 Å². The fourth-order valence-corrected chi connectivity index (χ4v) is 2.68. The van der Waals surface area contributed by atoms with Crippen LogP contribution in [0.15, 0.2) is 6.07 Å². The van der Waals surface area contributed by atoms with Gasteiger partial charge in [0, 0.05) is 38.8 Å². The van der Waals surface area contributed by atoms with Gasteiger partial charge in [-0.05, 0) is 25.8 Å². The second-order valence-corrected chi connectivity index (χ2v) is 6.13. The lowest BCUT2D eigenvalue weighted by Gasteiger charge is -2.16. The SMILES string of the molecule is Cc1cc(C)n(C[C@@H](C)CNC(=O)[C@@H]2CC(=O)N(C)C2)n1. The maximum absolute atomic E-state index is 12.1. The molecule has 2 amide bonds. The zero-order chi connectivity index (χ0) is 15.6. The minimum atomic E-state index is -0.205. The Morgan fingerprint density at radius 3 is 2.76 bits per heavy atom. The first-order valence-electron chi connectivity index (χ1n) is 7.39. The van der Waals surface area contributed by atoms with E-state index in [9.17, 15) is 9.59 Å². The Kier molecular flexibility index (Phi) is 4.65. The van der Waals surface area contributed by atoms with Gasteiger partial charge in [-0.1, -0.05) is 6.92 Å². The van der Waals surface area contributed by atoms with Crippen LogP contribution in [0, 0.1) is 25.7 Å². The van der Waals surface area contributed by atoms with Crippen LogP contribution >= 0.6 is 0 Å². The zero-order valence-electron chi connectivity index (χ0n) is 13.2. The lowest BCUT2D eigenvalue weighted by molar-refractivity contribution is -0.128. The lowest BCUT2D eigenvalue weighted by atomic mass is 10.1. The maximum Gasteiger partial charge on any atom is 0.225 e. The van der Waals surface area contributed by atoms with Crippen molar-refractivity contribution in [3.63, 3.8) is 0 Å². The summed E-state index contributed by atoms with van der Waals surface area (Å²) in [5.74, 6) is 0.115. The van der Waals surface area contributed by atoms with E-state index in [1.54, 1.807) is 11.9 Å². The highest BCUT2D eigenvalue weighted by molar-refractivity contribution is 5.89. The summed E-state index contributed by atoms with van der Waals surface area (Å²) in [5.41, 5.74) is 2.14. The van der Waals surface area contributed by atoms with Gasteiger partial charge in [-0.3, -0.25) is 14.3 Å². The van der Waals surface area contributed by atoms with Gasteiger partial charge in [0.1, 0.15) is 0 Å². The fraction of sp³-hybridized carbons (Fsp3) is 0.667.